The molecule has 1 aromatic carbocycles. The maximum absolute atomic E-state index is 12.6. The summed E-state index contributed by atoms with van der Waals surface area (Å²) >= 11 is 3.15. The van der Waals surface area contributed by atoms with Gasteiger partial charge in [0.1, 0.15) is 0 Å². The van der Waals surface area contributed by atoms with Crippen molar-refractivity contribution in [2.75, 3.05) is 26.8 Å². The number of nitrogens with zero attached hydrogens (tertiary/aromatic N) is 1. The van der Waals surface area contributed by atoms with Gasteiger partial charge in [-0.25, -0.2) is 13.2 Å². The monoisotopic (exact) mass is 377 g/mol. The van der Waals surface area contributed by atoms with Gasteiger partial charge in [0.05, 0.1) is 17.1 Å². The van der Waals surface area contributed by atoms with Crippen molar-refractivity contribution in [1.82, 2.24) is 4.31 Å². The maximum Gasteiger partial charge on any atom is 0.335 e. The number of aromatic carboxylic acids is 1. The van der Waals surface area contributed by atoms with Crippen molar-refractivity contribution in [2.24, 2.45) is 0 Å². The summed E-state index contributed by atoms with van der Waals surface area (Å²) in [6.45, 7) is 4.01. The summed E-state index contributed by atoms with van der Waals surface area (Å²) in [5.41, 5.74) is -0.0953. The minimum absolute atomic E-state index is 0.0953. The topological polar surface area (TPSA) is 83.9 Å². The van der Waals surface area contributed by atoms with Gasteiger partial charge in [-0.05, 0) is 34.1 Å². The maximum atomic E-state index is 12.6. The number of hydrogen-bond donors (Lipinski definition) is 1. The first kappa shape index (κ1) is 17.8. The highest BCUT2D eigenvalue weighted by atomic mass is 79.9. The van der Waals surface area contributed by atoms with E-state index in [1.54, 1.807) is 0 Å². The zero-order valence-electron chi connectivity index (χ0n) is 11.5. The lowest BCUT2D eigenvalue weighted by molar-refractivity contribution is 0.0696. The van der Waals surface area contributed by atoms with E-state index in [-0.39, 0.29) is 30.2 Å². The molecule has 0 aromatic heterocycles. The van der Waals surface area contributed by atoms with Crippen molar-refractivity contribution in [1.29, 1.82) is 0 Å². The molecular weight excluding hydrogens is 362 g/mol. The number of rotatable bonds is 8. The molecule has 0 saturated heterocycles. The van der Waals surface area contributed by atoms with Gasteiger partial charge in [-0.3, -0.25) is 0 Å². The number of methoxy groups -OCH3 is 1. The van der Waals surface area contributed by atoms with Gasteiger partial charge in [-0.2, -0.15) is 4.31 Å². The summed E-state index contributed by atoms with van der Waals surface area (Å²) in [7, 11) is -2.38. The third-order valence-corrected chi connectivity index (χ3v) is 5.53. The molecule has 8 heteroatoms. The van der Waals surface area contributed by atoms with Gasteiger partial charge >= 0.3 is 5.97 Å². The molecule has 21 heavy (non-hydrogen) atoms. The van der Waals surface area contributed by atoms with Gasteiger partial charge in [0.25, 0.3) is 0 Å². The summed E-state index contributed by atoms with van der Waals surface area (Å²) in [4.78, 5) is 10.9. The summed E-state index contributed by atoms with van der Waals surface area (Å²) in [6, 6.07) is 3.86. The highest BCUT2D eigenvalue weighted by molar-refractivity contribution is 9.10. The molecule has 0 spiro atoms. The normalized spacial score (nSPS) is 11.6. The Kier molecular flexibility index (Phi) is 6.53. The van der Waals surface area contributed by atoms with Crippen molar-refractivity contribution in [3.8, 4) is 0 Å². The van der Waals surface area contributed by atoms with Crippen LogP contribution in [0.25, 0.3) is 0 Å². The van der Waals surface area contributed by atoms with Crippen LogP contribution in [0.15, 0.2) is 40.2 Å². The second kappa shape index (κ2) is 7.69. The molecule has 0 aliphatic heterocycles. The van der Waals surface area contributed by atoms with Crippen LogP contribution >= 0.6 is 15.9 Å². The Morgan fingerprint density at radius 2 is 2.19 bits per heavy atom. The van der Waals surface area contributed by atoms with Gasteiger partial charge < -0.3 is 9.84 Å². The average Bonchev–Trinajstić information content (AvgIpc) is 2.43. The van der Waals surface area contributed by atoms with Crippen LogP contribution < -0.4 is 0 Å². The third kappa shape index (κ3) is 4.37. The molecule has 0 atom stereocenters. The van der Waals surface area contributed by atoms with Crippen molar-refractivity contribution in [3.05, 3.63) is 40.9 Å². The average molecular weight is 378 g/mol. The van der Waals surface area contributed by atoms with Crippen LogP contribution in [0.5, 0.6) is 0 Å². The van der Waals surface area contributed by atoms with Crippen LogP contribution in [-0.2, 0) is 14.8 Å². The van der Waals surface area contributed by atoms with Gasteiger partial charge in [0.2, 0.25) is 10.0 Å². The first-order valence-corrected chi connectivity index (χ1v) is 8.20. The highest BCUT2D eigenvalue weighted by Gasteiger charge is 2.26. The van der Waals surface area contributed by atoms with Crippen LogP contribution in [0.4, 0.5) is 0 Å². The first-order valence-electron chi connectivity index (χ1n) is 5.97. The van der Waals surface area contributed by atoms with E-state index in [4.69, 9.17) is 9.84 Å². The van der Waals surface area contributed by atoms with Crippen molar-refractivity contribution in [3.63, 3.8) is 0 Å². The predicted molar refractivity (Wildman–Crippen MR) is 81.9 cm³/mol. The number of carbonyl (C=O) groups is 1. The van der Waals surface area contributed by atoms with E-state index in [9.17, 15) is 13.2 Å². The van der Waals surface area contributed by atoms with E-state index < -0.39 is 16.0 Å². The molecule has 1 rings (SSSR count). The van der Waals surface area contributed by atoms with Crippen LogP contribution in [0.1, 0.15) is 10.4 Å². The molecule has 0 unspecified atom stereocenters. The second-order valence-electron chi connectivity index (χ2n) is 4.09. The largest absolute Gasteiger partial charge is 0.478 e. The summed E-state index contributed by atoms with van der Waals surface area (Å²) < 4.78 is 31.6. The molecule has 1 aromatic rings. The Hall–Kier alpha value is -1.22. The van der Waals surface area contributed by atoms with E-state index in [1.807, 2.05) is 0 Å². The Labute approximate surface area is 132 Å². The fourth-order valence-electron chi connectivity index (χ4n) is 1.62. The number of halogens is 1. The van der Waals surface area contributed by atoms with Crippen LogP contribution in [0.2, 0.25) is 0 Å². The number of sulfonamides is 1. The van der Waals surface area contributed by atoms with Gasteiger partial charge in [-0.15, -0.1) is 6.58 Å². The molecule has 0 heterocycles. The molecular formula is C13H16BrNO5S. The molecule has 116 valence electrons. The number of carboxylic acid groups (broad SMARTS) is 1. The second-order valence-corrected chi connectivity index (χ2v) is 6.86. The van der Waals surface area contributed by atoms with Gasteiger partial charge in [-0.1, -0.05) is 6.08 Å². The zero-order chi connectivity index (χ0) is 16.0. The van der Waals surface area contributed by atoms with Crippen molar-refractivity contribution < 1.29 is 23.1 Å². The smallest absolute Gasteiger partial charge is 0.335 e. The Bertz CT molecular complexity index is 629. The lowest BCUT2D eigenvalue weighted by Crippen LogP contribution is -2.34. The highest BCUT2D eigenvalue weighted by Crippen LogP contribution is 2.26. The standard InChI is InChI=1S/C13H16BrNO5S/c1-3-6-15(7-8-20-2)21(18,19)12-9-10(13(16)17)4-5-11(12)14/h3-5,9H,1,6-8H2,2H3,(H,16,17). The molecule has 0 aliphatic rings. The van der Waals surface area contributed by atoms with E-state index in [0.29, 0.717) is 4.47 Å². The fraction of sp³-hybridized carbons (Fsp3) is 0.308. The van der Waals surface area contributed by atoms with Gasteiger partial charge in [0, 0.05) is 24.7 Å². The quantitative estimate of drug-likeness (QED) is 0.700. The Morgan fingerprint density at radius 1 is 1.52 bits per heavy atom. The van der Waals surface area contributed by atoms with E-state index in [2.05, 4.69) is 22.5 Å². The zero-order valence-corrected chi connectivity index (χ0v) is 13.9. The first-order chi connectivity index (χ1) is 9.84. The molecule has 0 aliphatic carbocycles. The number of hydrogen-bond acceptors (Lipinski definition) is 4. The van der Waals surface area contributed by atoms with Crippen molar-refractivity contribution in [2.45, 2.75) is 4.90 Å². The van der Waals surface area contributed by atoms with E-state index >= 15 is 0 Å². The number of carboxylic acids is 1. The van der Waals surface area contributed by atoms with E-state index in [1.165, 1.54) is 29.6 Å². The van der Waals surface area contributed by atoms with Crippen LogP contribution in [-0.4, -0.2) is 50.6 Å². The minimum Gasteiger partial charge on any atom is -0.478 e. The lowest BCUT2D eigenvalue weighted by Gasteiger charge is -2.21. The molecule has 0 saturated carbocycles. The SMILES string of the molecule is C=CCN(CCOC)S(=O)(=O)c1cc(C(=O)O)ccc1Br. The molecule has 0 radical (unpaired) electrons. The van der Waals surface area contributed by atoms with Crippen LogP contribution in [0.3, 0.4) is 0 Å². The molecule has 1 N–H and O–H groups in total. The lowest BCUT2D eigenvalue weighted by atomic mass is 10.2. The molecule has 0 bridgehead atoms. The molecule has 0 fully saturated rings. The predicted octanol–water partition coefficient (Wildman–Crippen LogP) is 1.97. The fourth-order valence-corrected chi connectivity index (χ4v) is 3.97. The number of benzene rings is 1. The van der Waals surface area contributed by atoms with E-state index in [0.717, 1.165) is 6.07 Å². The van der Waals surface area contributed by atoms with Crippen LogP contribution in [0, 0.1) is 0 Å². The minimum atomic E-state index is -3.85. The summed E-state index contributed by atoms with van der Waals surface area (Å²) in [5.74, 6) is -1.19. The Balaban J connectivity index is 3.29. The molecule has 6 nitrogen and oxygen atoms in total. The summed E-state index contributed by atoms with van der Waals surface area (Å²) in [6.07, 6.45) is 1.46. The number of ether oxygens (including phenoxy) is 1. The van der Waals surface area contributed by atoms with Crippen molar-refractivity contribution >= 4 is 31.9 Å². The summed E-state index contributed by atoms with van der Waals surface area (Å²) in [5, 5.41) is 8.99. The Morgan fingerprint density at radius 3 is 2.71 bits per heavy atom. The van der Waals surface area contributed by atoms with Gasteiger partial charge in [0.15, 0.2) is 0 Å². The molecule has 0 amide bonds. The third-order valence-electron chi connectivity index (χ3n) is 2.67.